The molecule has 1 heterocycles. The zero-order valence-electron chi connectivity index (χ0n) is 6.31. The van der Waals surface area contributed by atoms with E-state index in [2.05, 4.69) is 4.98 Å². The van der Waals surface area contributed by atoms with Crippen molar-refractivity contribution in [2.75, 3.05) is 0 Å². The van der Waals surface area contributed by atoms with Crippen molar-refractivity contribution >= 4 is 51.2 Å². The molecule has 1 atom stereocenters. The lowest BCUT2D eigenvalue weighted by Gasteiger charge is -2.06. The summed E-state index contributed by atoms with van der Waals surface area (Å²) in [4.78, 5) is 14.3. The molecular formula is C6H6I2N2O3. The van der Waals surface area contributed by atoms with Gasteiger partial charge in [-0.2, -0.15) is 0 Å². The van der Waals surface area contributed by atoms with E-state index in [-0.39, 0.29) is 6.54 Å². The summed E-state index contributed by atoms with van der Waals surface area (Å²) in [5.74, 6) is -1.22. The molecule has 1 unspecified atom stereocenters. The molecule has 5 nitrogen and oxygen atoms in total. The number of hydrogen-bond acceptors (Lipinski definition) is 3. The molecule has 0 saturated carbocycles. The monoisotopic (exact) mass is 408 g/mol. The molecule has 0 aliphatic heterocycles. The summed E-state index contributed by atoms with van der Waals surface area (Å²) < 4.78 is 3.23. The van der Waals surface area contributed by atoms with E-state index in [1.54, 1.807) is 4.57 Å². The molecule has 0 aliphatic carbocycles. The molecule has 0 fully saturated rings. The van der Waals surface area contributed by atoms with Gasteiger partial charge in [0.05, 0.1) is 12.9 Å². The van der Waals surface area contributed by atoms with E-state index in [1.807, 2.05) is 45.2 Å². The molecule has 7 heteroatoms. The number of nitrogens with zero attached hydrogens (tertiary/aromatic N) is 2. The Balaban J connectivity index is 2.74. The van der Waals surface area contributed by atoms with Crippen molar-refractivity contribution in [3.63, 3.8) is 0 Å². The first-order valence-electron chi connectivity index (χ1n) is 3.29. The first kappa shape index (κ1) is 11.2. The van der Waals surface area contributed by atoms with Crippen molar-refractivity contribution in [2.45, 2.75) is 12.6 Å². The highest BCUT2D eigenvalue weighted by atomic mass is 127. The number of aromatic nitrogens is 2. The number of imidazole rings is 1. The van der Waals surface area contributed by atoms with E-state index in [0.717, 1.165) is 7.40 Å². The Morgan fingerprint density at radius 2 is 2.31 bits per heavy atom. The van der Waals surface area contributed by atoms with Gasteiger partial charge < -0.3 is 14.8 Å². The second kappa shape index (κ2) is 4.55. The maximum atomic E-state index is 10.3. The van der Waals surface area contributed by atoms with E-state index in [9.17, 15) is 4.79 Å². The number of carbonyl (C=O) groups is 1. The van der Waals surface area contributed by atoms with E-state index < -0.39 is 12.1 Å². The second-order valence-corrected chi connectivity index (χ2v) is 4.38. The Bertz CT molecular complexity index is 326. The molecule has 2 N–H and O–H groups in total. The van der Waals surface area contributed by atoms with Crippen LogP contribution in [0.2, 0.25) is 0 Å². The van der Waals surface area contributed by atoms with Gasteiger partial charge in [-0.25, -0.2) is 9.78 Å². The van der Waals surface area contributed by atoms with E-state index in [0.29, 0.717) is 0 Å². The SMILES string of the molecule is O=C(O)C(O)Cn1cnc(I)c1I. The van der Waals surface area contributed by atoms with Crippen LogP contribution in [0.15, 0.2) is 6.33 Å². The lowest BCUT2D eigenvalue weighted by molar-refractivity contribution is -0.147. The lowest BCUT2D eigenvalue weighted by atomic mass is 10.3. The van der Waals surface area contributed by atoms with Crippen LogP contribution in [0.25, 0.3) is 0 Å². The van der Waals surface area contributed by atoms with Gasteiger partial charge in [-0.1, -0.05) is 0 Å². The van der Waals surface area contributed by atoms with Crippen LogP contribution in [0, 0.1) is 7.40 Å². The van der Waals surface area contributed by atoms with Crippen LogP contribution < -0.4 is 0 Å². The molecule has 0 radical (unpaired) electrons. The summed E-state index contributed by atoms with van der Waals surface area (Å²) >= 11 is 4.09. The lowest BCUT2D eigenvalue weighted by Crippen LogP contribution is -2.25. The van der Waals surface area contributed by atoms with E-state index >= 15 is 0 Å². The minimum atomic E-state index is -1.38. The Hall–Kier alpha value is 0.100. The van der Waals surface area contributed by atoms with Crippen LogP contribution >= 0.6 is 45.2 Å². The minimum absolute atomic E-state index is 0.0314. The van der Waals surface area contributed by atoms with Gasteiger partial charge in [-0.3, -0.25) is 0 Å². The summed E-state index contributed by atoms with van der Waals surface area (Å²) in [5.41, 5.74) is 0. The number of halogens is 2. The van der Waals surface area contributed by atoms with Crippen LogP contribution in [0.3, 0.4) is 0 Å². The van der Waals surface area contributed by atoms with Gasteiger partial charge >= 0.3 is 5.97 Å². The van der Waals surface area contributed by atoms with E-state index in [4.69, 9.17) is 10.2 Å². The van der Waals surface area contributed by atoms with Gasteiger partial charge in [0, 0.05) is 0 Å². The standard InChI is InChI=1S/C6H6I2N2O3/c7-4-5(8)10(2-9-4)1-3(11)6(12)13/h2-3,11H,1H2,(H,12,13). The van der Waals surface area contributed by atoms with E-state index in [1.165, 1.54) is 6.33 Å². The van der Waals surface area contributed by atoms with Gasteiger partial charge in [0.25, 0.3) is 0 Å². The molecule has 0 bridgehead atoms. The maximum absolute atomic E-state index is 10.3. The highest BCUT2D eigenvalue weighted by Crippen LogP contribution is 2.13. The fourth-order valence-electron chi connectivity index (χ4n) is 0.735. The zero-order valence-corrected chi connectivity index (χ0v) is 10.6. The fourth-order valence-corrected chi connectivity index (χ4v) is 1.63. The number of rotatable bonds is 3. The van der Waals surface area contributed by atoms with Crippen LogP contribution in [0.5, 0.6) is 0 Å². The molecular weight excluding hydrogens is 402 g/mol. The van der Waals surface area contributed by atoms with Crippen molar-refractivity contribution in [1.29, 1.82) is 0 Å². The maximum Gasteiger partial charge on any atom is 0.334 e. The molecule has 72 valence electrons. The van der Waals surface area contributed by atoms with Crippen LogP contribution in [-0.4, -0.2) is 31.8 Å². The predicted molar refractivity (Wildman–Crippen MR) is 61.3 cm³/mol. The largest absolute Gasteiger partial charge is 0.479 e. The average Bonchev–Trinajstić information content (AvgIpc) is 2.36. The third kappa shape index (κ3) is 2.77. The number of aliphatic hydroxyl groups excluding tert-OH is 1. The van der Waals surface area contributed by atoms with Crippen LogP contribution in [0.4, 0.5) is 0 Å². The average molecular weight is 408 g/mol. The number of aliphatic carboxylic acids is 1. The normalized spacial score (nSPS) is 12.8. The third-order valence-corrected chi connectivity index (χ3v) is 4.34. The number of carboxylic acid groups (broad SMARTS) is 1. The Labute approximate surface area is 101 Å². The quantitative estimate of drug-likeness (QED) is 0.717. The first-order valence-corrected chi connectivity index (χ1v) is 5.45. The van der Waals surface area contributed by atoms with Crippen molar-refractivity contribution in [3.8, 4) is 0 Å². The topological polar surface area (TPSA) is 75.3 Å². The molecule has 1 rings (SSSR count). The Kier molecular flexibility index (Phi) is 3.91. The molecule has 0 saturated heterocycles. The summed E-state index contributed by atoms with van der Waals surface area (Å²) in [7, 11) is 0. The van der Waals surface area contributed by atoms with Gasteiger partial charge in [-0.05, 0) is 45.2 Å². The van der Waals surface area contributed by atoms with Crippen LogP contribution in [0.1, 0.15) is 0 Å². The van der Waals surface area contributed by atoms with Crippen molar-refractivity contribution in [2.24, 2.45) is 0 Å². The minimum Gasteiger partial charge on any atom is -0.479 e. The fraction of sp³-hybridized carbons (Fsp3) is 0.333. The number of carboxylic acids is 1. The summed E-state index contributed by atoms with van der Waals surface area (Å²) in [5, 5.41) is 17.5. The predicted octanol–water partition coefficient (Wildman–Crippen LogP) is 0.538. The van der Waals surface area contributed by atoms with Crippen molar-refractivity contribution in [3.05, 3.63) is 13.7 Å². The number of aliphatic hydroxyl groups is 1. The zero-order chi connectivity index (χ0) is 10.0. The second-order valence-electron chi connectivity index (χ2n) is 2.33. The van der Waals surface area contributed by atoms with Gasteiger partial charge in [0.15, 0.2) is 6.10 Å². The van der Waals surface area contributed by atoms with Gasteiger partial charge in [0.2, 0.25) is 0 Å². The van der Waals surface area contributed by atoms with Gasteiger partial charge in [-0.15, -0.1) is 0 Å². The molecule has 1 aromatic heterocycles. The highest BCUT2D eigenvalue weighted by Gasteiger charge is 2.15. The molecule has 0 amide bonds. The smallest absolute Gasteiger partial charge is 0.334 e. The molecule has 1 aromatic rings. The molecule has 0 aliphatic rings. The van der Waals surface area contributed by atoms with Crippen LogP contribution in [-0.2, 0) is 11.3 Å². The Morgan fingerprint density at radius 3 is 2.69 bits per heavy atom. The first-order chi connectivity index (χ1) is 6.02. The number of hydrogen-bond donors (Lipinski definition) is 2. The van der Waals surface area contributed by atoms with Crippen molar-refractivity contribution < 1.29 is 15.0 Å². The summed E-state index contributed by atoms with van der Waals surface area (Å²) in [6.07, 6.45) is 0.133. The Morgan fingerprint density at radius 1 is 1.69 bits per heavy atom. The molecule has 13 heavy (non-hydrogen) atoms. The van der Waals surface area contributed by atoms with Gasteiger partial charge in [0.1, 0.15) is 7.40 Å². The summed E-state index contributed by atoms with van der Waals surface area (Å²) in [6.45, 7) is 0.0314. The third-order valence-electron chi connectivity index (χ3n) is 1.39. The van der Waals surface area contributed by atoms with Crippen molar-refractivity contribution in [1.82, 2.24) is 9.55 Å². The molecule has 0 aromatic carbocycles. The highest BCUT2D eigenvalue weighted by molar-refractivity contribution is 14.1. The summed E-state index contributed by atoms with van der Waals surface area (Å²) in [6, 6.07) is 0. The molecule has 0 spiro atoms.